The van der Waals surface area contributed by atoms with Crippen molar-refractivity contribution in [3.63, 3.8) is 0 Å². The zero-order valence-electron chi connectivity index (χ0n) is 9.84. The molecule has 2 saturated carbocycles. The maximum Gasteiger partial charge on any atom is 0.0689 e. The van der Waals surface area contributed by atoms with Crippen molar-refractivity contribution in [2.24, 2.45) is 17.8 Å². The summed E-state index contributed by atoms with van der Waals surface area (Å²) in [5.74, 6) is 5.89. The second-order valence-corrected chi connectivity index (χ2v) is 5.34. The molecule has 0 spiro atoms. The first-order chi connectivity index (χ1) is 7.33. The Hall–Kier alpha value is -0.480. The number of fused-ring (bicyclic) bond motifs is 2. The van der Waals surface area contributed by atoms with Crippen molar-refractivity contribution in [1.82, 2.24) is 5.32 Å². The summed E-state index contributed by atoms with van der Waals surface area (Å²) in [6.45, 7) is 3.26. The lowest BCUT2D eigenvalue weighted by Gasteiger charge is -2.24. The van der Waals surface area contributed by atoms with Crippen molar-refractivity contribution in [3.05, 3.63) is 0 Å². The molecule has 1 nitrogen and oxygen atoms in total. The lowest BCUT2D eigenvalue weighted by atomic mass is 9.84. The Labute approximate surface area is 94.0 Å². The third-order valence-electron chi connectivity index (χ3n) is 4.26. The van der Waals surface area contributed by atoms with Crippen LogP contribution in [0.4, 0.5) is 0 Å². The first-order valence-corrected chi connectivity index (χ1v) is 6.53. The van der Waals surface area contributed by atoms with Crippen molar-refractivity contribution >= 4 is 0 Å². The van der Waals surface area contributed by atoms with Crippen molar-refractivity contribution < 1.29 is 0 Å². The molecule has 4 atom stereocenters. The molecule has 0 saturated heterocycles. The van der Waals surface area contributed by atoms with Gasteiger partial charge in [0.1, 0.15) is 0 Å². The van der Waals surface area contributed by atoms with E-state index in [-0.39, 0.29) is 0 Å². The van der Waals surface area contributed by atoms with Gasteiger partial charge in [-0.1, -0.05) is 19.3 Å². The van der Waals surface area contributed by atoms with E-state index in [2.05, 4.69) is 18.2 Å². The molecule has 0 aromatic carbocycles. The number of terminal acetylenes is 1. The minimum Gasteiger partial charge on any atom is -0.304 e. The maximum absolute atomic E-state index is 5.58. The van der Waals surface area contributed by atoms with Crippen LogP contribution in [0, 0.1) is 30.1 Å². The Morgan fingerprint density at radius 1 is 1.40 bits per heavy atom. The van der Waals surface area contributed by atoms with Crippen molar-refractivity contribution in [1.29, 1.82) is 0 Å². The van der Waals surface area contributed by atoms with Crippen molar-refractivity contribution in [2.45, 2.75) is 51.5 Å². The summed E-state index contributed by atoms with van der Waals surface area (Å²) in [6, 6.07) is 0.328. The molecule has 1 heteroatoms. The summed E-state index contributed by atoms with van der Waals surface area (Å²) in [4.78, 5) is 0. The van der Waals surface area contributed by atoms with Gasteiger partial charge in [0.05, 0.1) is 6.04 Å². The predicted molar refractivity (Wildman–Crippen MR) is 64.5 cm³/mol. The second-order valence-electron chi connectivity index (χ2n) is 5.34. The van der Waals surface area contributed by atoms with E-state index in [0.29, 0.717) is 6.04 Å². The van der Waals surface area contributed by atoms with Crippen LogP contribution in [0.5, 0.6) is 0 Å². The fraction of sp³-hybridized carbons (Fsp3) is 0.857. The summed E-state index contributed by atoms with van der Waals surface area (Å²) in [6.07, 6.45) is 13.9. The molecule has 2 bridgehead atoms. The van der Waals surface area contributed by atoms with Crippen LogP contribution in [-0.4, -0.2) is 12.6 Å². The summed E-state index contributed by atoms with van der Waals surface area (Å²) < 4.78 is 0. The van der Waals surface area contributed by atoms with E-state index < -0.39 is 0 Å². The fourth-order valence-electron chi connectivity index (χ4n) is 3.50. The van der Waals surface area contributed by atoms with E-state index in [9.17, 15) is 0 Å². The molecular weight excluding hydrogens is 182 g/mol. The topological polar surface area (TPSA) is 12.0 Å². The number of rotatable bonds is 5. The maximum atomic E-state index is 5.58. The van der Waals surface area contributed by atoms with Crippen LogP contribution in [0.1, 0.15) is 45.4 Å². The van der Waals surface area contributed by atoms with Gasteiger partial charge in [-0.25, -0.2) is 0 Å². The summed E-state index contributed by atoms with van der Waals surface area (Å²) in [5, 5.41) is 3.47. The zero-order valence-corrected chi connectivity index (χ0v) is 9.84. The Kier molecular flexibility index (Phi) is 3.70. The Bertz CT molecular complexity index is 240. The molecule has 1 N–H and O–H groups in total. The molecule has 2 rings (SSSR count). The van der Waals surface area contributed by atoms with Gasteiger partial charge >= 0.3 is 0 Å². The van der Waals surface area contributed by atoms with Crippen LogP contribution in [0.25, 0.3) is 0 Å². The number of hydrogen-bond donors (Lipinski definition) is 1. The van der Waals surface area contributed by atoms with E-state index in [1.165, 1.54) is 38.5 Å². The van der Waals surface area contributed by atoms with Gasteiger partial charge in [-0.3, -0.25) is 0 Å². The lowest BCUT2D eigenvalue weighted by Crippen LogP contribution is -2.31. The van der Waals surface area contributed by atoms with E-state index in [1.54, 1.807) is 0 Å². The van der Waals surface area contributed by atoms with Gasteiger partial charge in [0.15, 0.2) is 0 Å². The van der Waals surface area contributed by atoms with Crippen LogP contribution in [0.3, 0.4) is 0 Å². The van der Waals surface area contributed by atoms with Crippen LogP contribution in [0.2, 0.25) is 0 Å². The molecule has 2 fully saturated rings. The fourth-order valence-corrected chi connectivity index (χ4v) is 3.50. The SMILES string of the molecule is C#CC(CC1CC2CCC1C2)NCCC. The zero-order chi connectivity index (χ0) is 10.7. The third-order valence-corrected chi connectivity index (χ3v) is 4.26. The molecule has 0 aromatic rings. The molecule has 15 heavy (non-hydrogen) atoms. The van der Waals surface area contributed by atoms with E-state index in [4.69, 9.17) is 6.42 Å². The Morgan fingerprint density at radius 3 is 2.80 bits per heavy atom. The molecule has 0 heterocycles. The molecule has 2 aliphatic carbocycles. The average molecular weight is 205 g/mol. The van der Waals surface area contributed by atoms with Gasteiger partial charge < -0.3 is 5.32 Å². The van der Waals surface area contributed by atoms with Crippen LogP contribution >= 0.6 is 0 Å². The molecule has 4 unspecified atom stereocenters. The van der Waals surface area contributed by atoms with E-state index in [1.807, 2.05) is 0 Å². The quantitative estimate of drug-likeness (QED) is 0.681. The molecule has 0 aliphatic heterocycles. The third kappa shape index (κ3) is 2.55. The molecule has 0 radical (unpaired) electrons. The first-order valence-electron chi connectivity index (χ1n) is 6.53. The standard InChI is InChI=1S/C14H23N/c1-3-7-15-14(4-2)10-13-9-11-5-6-12(13)8-11/h2,11-15H,3,5-10H2,1H3. The summed E-state index contributed by atoms with van der Waals surface area (Å²) in [5.41, 5.74) is 0. The monoisotopic (exact) mass is 205 g/mol. The highest BCUT2D eigenvalue weighted by atomic mass is 14.9. The highest BCUT2D eigenvalue weighted by Gasteiger charge is 2.39. The van der Waals surface area contributed by atoms with E-state index in [0.717, 1.165) is 24.3 Å². The van der Waals surface area contributed by atoms with Crippen LogP contribution in [-0.2, 0) is 0 Å². The lowest BCUT2D eigenvalue weighted by molar-refractivity contribution is 0.296. The van der Waals surface area contributed by atoms with Crippen molar-refractivity contribution in [3.8, 4) is 12.3 Å². The summed E-state index contributed by atoms with van der Waals surface area (Å²) in [7, 11) is 0. The minimum absolute atomic E-state index is 0.328. The first kappa shape index (κ1) is 11.0. The van der Waals surface area contributed by atoms with Gasteiger partial charge in [-0.15, -0.1) is 6.42 Å². The smallest absolute Gasteiger partial charge is 0.0689 e. The largest absolute Gasteiger partial charge is 0.304 e. The van der Waals surface area contributed by atoms with Crippen LogP contribution < -0.4 is 5.32 Å². The second kappa shape index (κ2) is 5.03. The normalized spacial score (nSPS) is 35.3. The molecule has 0 aromatic heterocycles. The Morgan fingerprint density at radius 2 is 2.27 bits per heavy atom. The molecule has 0 amide bonds. The van der Waals surface area contributed by atoms with Gasteiger partial charge in [-0.05, 0) is 56.4 Å². The van der Waals surface area contributed by atoms with Gasteiger partial charge in [0.25, 0.3) is 0 Å². The van der Waals surface area contributed by atoms with E-state index >= 15 is 0 Å². The predicted octanol–water partition coefficient (Wildman–Crippen LogP) is 2.81. The van der Waals surface area contributed by atoms with Gasteiger partial charge in [-0.2, -0.15) is 0 Å². The molecule has 2 aliphatic rings. The minimum atomic E-state index is 0.328. The number of hydrogen-bond acceptors (Lipinski definition) is 1. The molecule has 84 valence electrons. The van der Waals surface area contributed by atoms with Gasteiger partial charge in [0.2, 0.25) is 0 Å². The van der Waals surface area contributed by atoms with Crippen LogP contribution in [0.15, 0.2) is 0 Å². The highest BCUT2D eigenvalue weighted by molar-refractivity contribution is 5.02. The van der Waals surface area contributed by atoms with Crippen molar-refractivity contribution in [2.75, 3.05) is 6.54 Å². The average Bonchev–Trinajstić information content (AvgIpc) is 2.85. The Balaban J connectivity index is 1.78. The highest BCUT2D eigenvalue weighted by Crippen LogP contribution is 2.49. The van der Waals surface area contributed by atoms with Gasteiger partial charge in [0, 0.05) is 0 Å². The number of nitrogens with one attached hydrogen (secondary N) is 1. The molecular formula is C14H23N. The summed E-state index contributed by atoms with van der Waals surface area (Å²) >= 11 is 0.